The van der Waals surface area contributed by atoms with E-state index in [1.54, 1.807) is 0 Å². The van der Waals surface area contributed by atoms with E-state index in [4.69, 9.17) is 4.74 Å². The molecular formula is C15H19F2NO5S. The molecule has 134 valence electrons. The van der Waals surface area contributed by atoms with Gasteiger partial charge in [0.25, 0.3) is 5.91 Å². The van der Waals surface area contributed by atoms with Gasteiger partial charge in [-0.05, 0) is 37.6 Å². The summed E-state index contributed by atoms with van der Waals surface area (Å²) in [5, 5.41) is 2.65. The third-order valence-electron chi connectivity index (χ3n) is 3.12. The molecule has 0 heterocycles. The second kappa shape index (κ2) is 8.72. The molecule has 6 nitrogen and oxygen atoms in total. The van der Waals surface area contributed by atoms with Gasteiger partial charge in [0.2, 0.25) is 9.84 Å². The Morgan fingerprint density at radius 3 is 2.29 bits per heavy atom. The molecule has 1 rings (SSSR count). The van der Waals surface area contributed by atoms with Crippen molar-refractivity contribution in [1.82, 2.24) is 5.32 Å². The first-order chi connectivity index (χ1) is 11.2. The lowest BCUT2D eigenvalue weighted by atomic mass is 10.2. The molecule has 0 fully saturated rings. The number of hydrogen-bond acceptors (Lipinski definition) is 5. The highest BCUT2D eigenvalue weighted by Gasteiger charge is 2.26. The van der Waals surface area contributed by atoms with Crippen molar-refractivity contribution in [3.63, 3.8) is 0 Å². The fraction of sp³-hybridized carbons (Fsp3) is 0.467. The highest BCUT2D eigenvalue weighted by Crippen LogP contribution is 2.18. The second-order valence-corrected chi connectivity index (χ2v) is 7.08. The number of sulfone groups is 1. The normalized spacial score (nSPS) is 12.7. The lowest BCUT2D eigenvalue weighted by molar-refractivity contribution is -0.124. The monoisotopic (exact) mass is 363 g/mol. The van der Waals surface area contributed by atoms with E-state index in [2.05, 4.69) is 5.32 Å². The number of benzene rings is 1. The molecule has 0 aromatic heterocycles. The molecular weight excluding hydrogens is 344 g/mol. The van der Waals surface area contributed by atoms with Crippen LogP contribution in [0.1, 0.15) is 37.0 Å². The summed E-state index contributed by atoms with van der Waals surface area (Å²) in [6.07, 6.45) is 1.69. The molecule has 1 aromatic carbocycles. The summed E-state index contributed by atoms with van der Waals surface area (Å²) in [4.78, 5) is 22.7. The number of rotatable bonds is 8. The first-order valence-corrected chi connectivity index (χ1v) is 8.81. The van der Waals surface area contributed by atoms with Crippen LogP contribution in [0.15, 0.2) is 29.2 Å². The van der Waals surface area contributed by atoms with E-state index in [-0.39, 0.29) is 11.6 Å². The van der Waals surface area contributed by atoms with E-state index in [0.717, 1.165) is 37.1 Å². The largest absolute Gasteiger partial charge is 0.452 e. The van der Waals surface area contributed by atoms with Gasteiger partial charge in [0.05, 0.1) is 10.5 Å². The molecule has 0 bridgehead atoms. The van der Waals surface area contributed by atoms with Crippen molar-refractivity contribution < 1.29 is 31.5 Å². The Morgan fingerprint density at radius 2 is 1.79 bits per heavy atom. The Hall–Kier alpha value is -2.03. The van der Waals surface area contributed by atoms with E-state index >= 15 is 0 Å². The molecule has 0 saturated heterocycles. The average Bonchev–Trinajstić information content (AvgIpc) is 2.52. The molecule has 1 unspecified atom stereocenters. The van der Waals surface area contributed by atoms with Crippen molar-refractivity contribution >= 4 is 21.7 Å². The molecule has 0 spiro atoms. The van der Waals surface area contributed by atoms with Crippen molar-refractivity contribution in [2.75, 3.05) is 6.61 Å². The number of carbonyl (C=O) groups is 2. The predicted octanol–water partition coefficient (Wildman–Crippen LogP) is 2.14. The Labute approximate surface area is 139 Å². The van der Waals surface area contributed by atoms with Crippen molar-refractivity contribution in [1.29, 1.82) is 0 Å². The number of halogens is 2. The zero-order valence-corrected chi connectivity index (χ0v) is 14.1. The predicted molar refractivity (Wildman–Crippen MR) is 82.4 cm³/mol. The van der Waals surface area contributed by atoms with Crippen LogP contribution in [0.2, 0.25) is 0 Å². The minimum Gasteiger partial charge on any atom is -0.452 e. The molecule has 0 aliphatic rings. The Kier molecular flexibility index (Phi) is 7.27. The zero-order valence-electron chi connectivity index (χ0n) is 13.3. The molecule has 1 amide bonds. The summed E-state index contributed by atoms with van der Waals surface area (Å²) in [7, 11) is -4.71. The van der Waals surface area contributed by atoms with Gasteiger partial charge in [-0.2, -0.15) is 8.78 Å². The van der Waals surface area contributed by atoms with Gasteiger partial charge in [-0.3, -0.25) is 4.79 Å². The van der Waals surface area contributed by atoms with Gasteiger partial charge >= 0.3 is 11.7 Å². The minimum atomic E-state index is -4.71. The summed E-state index contributed by atoms with van der Waals surface area (Å²) >= 11 is 0. The minimum absolute atomic E-state index is 0.0416. The number of ether oxygens (including phenoxy) is 1. The van der Waals surface area contributed by atoms with Gasteiger partial charge in [0, 0.05) is 6.04 Å². The fourth-order valence-corrected chi connectivity index (χ4v) is 2.64. The molecule has 0 aliphatic carbocycles. The van der Waals surface area contributed by atoms with E-state index in [0.29, 0.717) is 0 Å². The van der Waals surface area contributed by atoms with Crippen molar-refractivity contribution in [3.05, 3.63) is 29.8 Å². The summed E-state index contributed by atoms with van der Waals surface area (Å²) in [5.41, 5.74) is -0.0439. The van der Waals surface area contributed by atoms with Crippen molar-refractivity contribution in [3.8, 4) is 0 Å². The molecule has 9 heteroatoms. The van der Waals surface area contributed by atoms with Crippen LogP contribution < -0.4 is 5.32 Å². The molecule has 1 atom stereocenters. The highest BCUT2D eigenvalue weighted by atomic mass is 32.2. The lowest BCUT2D eigenvalue weighted by Gasteiger charge is -2.12. The van der Waals surface area contributed by atoms with Gasteiger partial charge in [-0.15, -0.1) is 0 Å². The number of amides is 1. The van der Waals surface area contributed by atoms with E-state index in [1.807, 2.05) is 13.8 Å². The van der Waals surface area contributed by atoms with Gasteiger partial charge in [-0.25, -0.2) is 13.2 Å². The third-order valence-corrected chi connectivity index (χ3v) is 4.51. The Bertz CT molecular complexity index is 674. The Balaban J connectivity index is 2.62. The first-order valence-electron chi connectivity index (χ1n) is 7.27. The van der Waals surface area contributed by atoms with Crippen LogP contribution in [0.3, 0.4) is 0 Å². The van der Waals surface area contributed by atoms with Gasteiger partial charge in [0.1, 0.15) is 0 Å². The highest BCUT2D eigenvalue weighted by molar-refractivity contribution is 7.91. The SMILES string of the molecule is CCCC(C)NC(=O)COC(=O)c1ccc(S(=O)(=O)C(F)F)cc1. The number of nitrogens with one attached hydrogen (secondary N) is 1. The molecule has 1 N–H and O–H groups in total. The molecule has 0 saturated carbocycles. The molecule has 0 aliphatic heterocycles. The van der Waals surface area contributed by atoms with Crippen LogP contribution in [-0.4, -0.2) is 38.7 Å². The van der Waals surface area contributed by atoms with Crippen LogP contribution in [0, 0.1) is 0 Å². The number of carbonyl (C=O) groups excluding carboxylic acids is 2. The van der Waals surface area contributed by atoms with Crippen molar-refractivity contribution in [2.24, 2.45) is 0 Å². The topological polar surface area (TPSA) is 89.5 Å². The maximum Gasteiger partial charge on any atom is 0.341 e. The second-order valence-electron chi connectivity index (χ2n) is 5.16. The quantitative estimate of drug-likeness (QED) is 0.715. The zero-order chi connectivity index (χ0) is 18.3. The number of esters is 1. The molecule has 0 radical (unpaired) electrons. The van der Waals surface area contributed by atoms with Crippen LogP contribution in [-0.2, 0) is 19.4 Å². The maximum absolute atomic E-state index is 12.4. The fourth-order valence-electron chi connectivity index (χ4n) is 1.92. The summed E-state index contributed by atoms with van der Waals surface area (Å²) < 4.78 is 52.1. The van der Waals surface area contributed by atoms with Crippen LogP contribution in [0.4, 0.5) is 8.78 Å². The lowest BCUT2D eigenvalue weighted by Crippen LogP contribution is -2.35. The molecule has 24 heavy (non-hydrogen) atoms. The summed E-state index contributed by atoms with van der Waals surface area (Å²) in [6, 6.07) is 3.84. The van der Waals surface area contributed by atoms with E-state index in [1.165, 1.54) is 0 Å². The molecule has 1 aromatic rings. The van der Waals surface area contributed by atoms with Crippen molar-refractivity contribution in [2.45, 2.75) is 43.4 Å². The number of alkyl halides is 2. The van der Waals surface area contributed by atoms with Gasteiger partial charge in [-0.1, -0.05) is 13.3 Å². The maximum atomic E-state index is 12.4. The Morgan fingerprint density at radius 1 is 1.21 bits per heavy atom. The summed E-state index contributed by atoms with van der Waals surface area (Å²) in [5.74, 6) is -4.85. The smallest absolute Gasteiger partial charge is 0.341 e. The van der Waals surface area contributed by atoms with Crippen LogP contribution in [0.25, 0.3) is 0 Å². The van der Waals surface area contributed by atoms with Crippen LogP contribution in [0.5, 0.6) is 0 Å². The van der Waals surface area contributed by atoms with Crippen LogP contribution >= 0.6 is 0 Å². The number of hydrogen-bond donors (Lipinski definition) is 1. The average molecular weight is 363 g/mol. The first kappa shape index (κ1) is 20.0. The van der Waals surface area contributed by atoms with Gasteiger partial charge in [0.15, 0.2) is 6.61 Å². The third kappa shape index (κ3) is 5.55. The van der Waals surface area contributed by atoms with E-state index in [9.17, 15) is 26.8 Å². The van der Waals surface area contributed by atoms with Gasteiger partial charge < -0.3 is 10.1 Å². The standard InChI is InChI=1S/C15H19F2NO5S/c1-3-4-10(2)18-13(19)9-23-14(20)11-5-7-12(8-6-11)24(21,22)15(16)17/h5-8,10,15H,3-4,9H2,1-2H3,(H,18,19). The van der Waals surface area contributed by atoms with E-state index < -0.39 is 39.0 Å². The summed E-state index contributed by atoms with van der Waals surface area (Å²) in [6.45, 7) is 3.32.